The summed E-state index contributed by atoms with van der Waals surface area (Å²) in [5, 5.41) is 3.92. The molecular weight excluding hydrogens is 416 g/mol. The monoisotopic (exact) mass is 442 g/mol. The highest BCUT2D eigenvalue weighted by atomic mass is 16.2. The molecule has 1 atom stereocenters. The minimum atomic E-state index is -0.234. The van der Waals surface area contributed by atoms with Crippen molar-refractivity contribution in [3.8, 4) is 0 Å². The Kier molecular flexibility index (Phi) is 5.77. The molecule has 3 amide bonds. The predicted molar refractivity (Wildman–Crippen MR) is 127 cm³/mol. The Balaban J connectivity index is 1.19. The molecule has 2 fully saturated rings. The highest BCUT2D eigenvalue weighted by Crippen LogP contribution is 2.28. The number of carbonyl (C=O) groups is 3. The summed E-state index contributed by atoms with van der Waals surface area (Å²) in [5.74, 6) is -0.00436. The first kappa shape index (κ1) is 21.1. The number of aromatic nitrogens is 1. The zero-order chi connectivity index (χ0) is 22.8. The second-order valence-corrected chi connectivity index (χ2v) is 8.69. The van der Waals surface area contributed by atoms with Gasteiger partial charge in [0.15, 0.2) is 0 Å². The topological polar surface area (TPSA) is 82.6 Å². The fourth-order valence-corrected chi connectivity index (χ4v) is 4.58. The molecule has 0 spiro atoms. The Hall–Kier alpha value is -3.74. The summed E-state index contributed by atoms with van der Waals surface area (Å²) in [7, 11) is 0. The number of anilines is 2. The smallest absolute Gasteiger partial charge is 0.269 e. The summed E-state index contributed by atoms with van der Waals surface area (Å²) in [6.07, 6.45) is 2.94. The van der Waals surface area contributed by atoms with Gasteiger partial charge in [-0.25, -0.2) is 4.98 Å². The van der Waals surface area contributed by atoms with Crippen molar-refractivity contribution in [2.75, 3.05) is 29.4 Å². The number of hydrogen-bond acceptors (Lipinski definition) is 4. The average Bonchev–Trinajstić information content (AvgIpc) is 3.23. The largest absolute Gasteiger partial charge is 0.350 e. The number of hydrogen-bond donors (Lipinski definition) is 1. The van der Waals surface area contributed by atoms with Gasteiger partial charge in [-0.3, -0.25) is 14.4 Å². The van der Waals surface area contributed by atoms with Gasteiger partial charge in [0.05, 0.1) is 5.52 Å². The van der Waals surface area contributed by atoms with Gasteiger partial charge >= 0.3 is 0 Å². The van der Waals surface area contributed by atoms with Crippen LogP contribution in [0.15, 0.2) is 60.7 Å². The first-order valence-corrected chi connectivity index (χ1v) is 11.4. The number of piperidine rings is 1. The molecule has 7 nitrogen and oxygen atoms in total. The molecule has 0 aliphatic carbocycles. The molecule has 0 saturated carbocycles. The maximum Gasteiger partial charge on any atom is 0.269 e. The second kappa shape index (κ2) is 9.02. The van der Waals surface area contributed by atoms with Crippen LogP contribution in [-0.2, 0) is 9.59 Å². The van der Waals surface area contributed by atoms with Crippen LogP contribution >= 0.6 is 0 Å². The summed E-state index contributed by atoms with van der Waals surface area (Å²) in [4.78, 5) is 45.4. The third-order valence-corrected chi connectivity index (χ3v) is 6.38. The molecule has 168 valence electrons. The molecule has 2 aliphatic heterocycles. The van der Waals surface area contributed by atoms with E-state index in [1.54, 1.807) is 11.0 Å². The Labute approximate surface area is 192 Å². The highest BCUT2D eigenvalue weighted by molar-refractivity contribution is 5.98. The third-order valence-electron chi connectivity index (χ3n) is 6.38. The van der Waals surface area contributed by atoms with E-state index in [0.717, 1.165) is 41.7 Å². The Morgan fingerprint density at radius 1 is 0.909 bits per heavy atom. The lowest BCUT2D eigenvalue weighted by Gasteiger charge is -2.27. The number of fused-ring (bicyclic) bond motifs is 1. The number of para-hydroxylation sites is 1. The van der Waals surface area contributed by atoms with Crippen molar-refractivity contribution < 1.29 is 14.4 Å². The maximum absolute atomic E-state index is 12.6. The van der Waals surface area contributed by atoms with Crippen molar-refractivity contribution in [2.45, 2.75) is 25.7 Å². The zero-order valence-corrected chi connectivity index (χ0v) is 18.4. The van der Waals surface area contributed by atoms with Crippen molar-refractivity contribution in [3.05, 3.63) is 66.4 Å². The minimum absolute atomic E-state index is 0.0326. The maximum atomic E-state index is 12.6. The molecular formula is C26H26N4O3. The molecule has 2 aliphatic rings. The standard InChI is InChI=1S/C26H26N4O3/c31-24-7-3-4-14-29(24)20-9-11-21(12-10-20)30-17-18(15-25(30)32)16-27-26(33)23-13-8-19-5-1-2-6-22(19)28-23/h1-2,5-6,8-13,18H,3-4,7,14-17H2,(H,27,33). The molecule has 1 unspecified atom stereocenters. The van der Waals surface area contributed by atoms with Crippen LogP contribution in [0.3, 0.4) is 0 Å². The summed E-state index contributed by atoms with van der Waals surface area (Å²) < 4.78 is 0. The molecule has 3 heterocycles. The van der Waals surface area contributed by atoms with Gasteiger partial charge in [0.1, 0.15) is 5.69 Å². The van der Waals surface area contributed by atoms with Crippen LogP contribution in [0.4, 0.5) is 11.4 Å². The van der Waals surface area contributed by atoms with Gasteiger partial charge in [0.2, 0.25) is 11.8 Å². The summed E-state index contributed by atoms with van der Waals surface area (Å²) in [6.45, 7) is 1.71. The van der Waals surface area contributed by atoms with Crippen molar-refractivity contribution in [3.63, 3.8) is 0 Å². The van der Waals surface area contributed by atoms with E-state index in [-0.39, 0.29) is 23.6 Å². The molecule has 7 heteroatoms. The van der Waals surface area contributed by atoms with E-state index in [4.69, 9.17) is 0 Å². The van der Waals surface area contributed by atoms with E-state index in [1.807, 2.05) is 59.5 Å². The van der Waals surface area contributed by atoms with E-state index < -0.39 is 0 Å². The molecule has 3 aromatic rings. The molecule has 1 aromatic heterocycles. The Morgan fingerprint density at radius 3 is 2.45 bits per heavy atom. The van der Waals surface area contributed by atoms with Crippen LogP contribution in [0.2, 0.25) is 0 Å². The normalized spacial score (nSPS) is 18.7. The van der Waals surface area contributed by atoms with E-state index in [1.165, 1.54) is 0 Å². The van der Waals surface area contributed by atoms with E-state index >= 15 is 0 Å². The number of nitrogens with one attached hydrogen (secondary N) is 1. The number of pyridine rings is 1. The van der Waals surface area contributed by atoms with Crippen molar-refractivity contribution in [2.24, 2.45) is 5.92 Å². The lowest BCUT2D eigenvalue weighted by atomic mass is 10.1. The van der Waals surface area contributed by atoms with E-state index in [2.05, 4.69) is 10.3 Å². The Morgan fingerprint density at radius 2 is 1.67 bits per heavy atom. The number of carbonyl (C=O) groups excluding carboxylic acids is 3. The fourth-order valence-electron chi connectivity index (χ4n) is 4.58. The average molecular weight is 443 g/mol. The van der Waals surface area contributed by atoms with Crippen molar-refractivity contribution in [1.82, 2.24) is 10.3 Å². The van der Waals surface area contributed by atoms with Crippen LogP contribution in [0, 0.1) is 5.92 Å². The third kappa shape index (κ3) is 4.44. The van der Waals surface area contributed by atoms with E-state index in [0.29, 0.717) is 31.6 Å². The molecule has 0 bridgehead atoms. The molecule has 2 saturated heterocycles. The van der Waals surface area contributed by atoms with Gasteiger partial charge in [-0.1, -0.05) is 24.3 Å². The van der Waals surface area contributed by atoms with Gasteiger partial charge in [-0.05, 0) is 49.2 Å². The van der Waals surface area contributed by atoms with Crippen LogP contribution in [-0.4, -0.2) is 42.3 Å². The Bertz CT molecular complexity index is 1210. The van der Waals surface area contributed by atoms with Crippen LogP contribution in [0.1, 0.15) is 36.2 Å². The predicted octanol–water partition coefficient (Wildman–Crippen LogP) is 3.53. The quantitative estimate of drug-likeness (QED) is 0.655. The van der Waals surface area contributed by atoms with Gasteiger partial charge in [-0.15, -0.1) is 0 Å². The zero-order valence-electron chi connectivity index (χ0n) is 18.4. The fraction of sp³-hybridized carbons (Fsp3) is 0.308. The first-order chi connectivity index (χ1) is 16.1. The second-order valence-electron chi connectivity index (χ2n) is 8.69. The highest BCUT2D eigenvalue weighted by Gasteiger charge is 2.31. The van der Waals surface area contributed by atoms with Crippen LogP contribution in [0.5, 0.6) is 0 Å². The van der Waals surface area contributed by atoms with Crippen LogP contribution in [0.25, 0.3) is 10.9 Å². The SMILES string of the molecule is O=C(NCC1CC(=O)N(c2ccc(N3CCCCC3=O)cc2)C1)c1ccc2ccccc2n1. The molecule has 0 radical (unpaired) electrons. The van der Waals surface area contributed by atoms with Gasteiger partial charge in [0, 0.05) is 55.2 Å². The van der Waals surface area contributed by atoms with Crippen molar-refractivity contribution in [1.29, 1.82) is 0 Å². The number of nitrogens with zero attached hydrogens (tertiary/aromatic N) is 3. The summed E-state index contributed by atoms with van der Waals surface area (Å²) in [6, 6.07) is 18.9. The van der Waals surface area contributed by atoms with E-state index in [9.17, 15) is 14.4 Å². The van der Waals surface area contributed by atoms with Gasteiger partial charge < -0.3 is 15.1 Å². The molecule has 33 heavy (non-hydrogen) atoms. The molecule has 2 aromatic carbocycles. The number of benzene rings is 2. The van der Waals surface area contributed by atoms with Gasteiger partial charge in [-0.2, -0.15) is 0 Å². The molecule has 5 rings (SSSR count). The lowest BCUT2D eigenvalue weighted by molar-refractivity contribution is -0.119. The van der Waals surface area contributed by atoms with Crippen molar-refractivity contribution >= 4 is 40.0 Å². The number of amides is 3. The minimum Gasteiger partial charge on any atom is -0.350 e. The summed E-state index contributed by atoms with van der Waals surface area (Å²) in [5.41, 5.74) is 2.85. The lowest BCUT2D eigenvalue weighted by Crippen LogP contribution is -2.35. The first-order valence-electron chi connectivity index (χ1n) is 11.4. The molecule has 1 N–H and O–H groups in total. The number of rotatable bonds is 5. The van der Waals surface area contributed by atoms with Gasteiger partial charge in [0.25, 0.3) is 5.91 Å². The summed E-state index contributed by atoms with van der Waals surface area (Å²) >= 11 is 0. The van der Waals surface area contributed by atoms with Crippen LogP contribution < -0.4 is 15.1 Å².